The molecule has 118 valence electrons. The van der Waals surface area contributed by atoms with Crippen molar-refractivity contribution in [1.82, 2.24) is 9.44 Å². The van der Waals surface area contributed by atoms with Crippen LogP contribution in [-0.2, 0) is 14.9 Å². The first kappa shape index (κ1) is 17.4. The molecule has 0 saturated heterocycles. The number of amidine groups is 1. The Bertz CT molecular complexity index is 403. The number of rotatable bonds is 7. The molecule has 0 aromatic carbocycles. The van der Waals surface area contributed by atoms with E-state index in [-0.39, 0.29) is 12.4 Å². The summed E-state index contributed by atoms with van der Waals surface area (Å²) in [6.07, 6.45) is 6.16. The Balaban J connectivity index is 2.76. The minimum Gasteiger partial charge on any atom is -0.386 e. The second kappa shape index (κ2) is 7.92. The van der Waals surface area contributed by atoms with Crippen LogP contribution in [-0.4, -0.2) is 40.1 Å². The lowest BCUT2D eigenvalue weighted by Gasteiger charge is -2.34. The molecule has 0 spiro atoms. The molecule has 1 aliphatic carbocycles. The van der Waals surface area contributed by atoms with E-state index < -0.39 is 15.7 Å². The molecular weight excluding hydrogens is 280 g/mol. The van der Waals surface area contributed by atoms with E-state index in [9.17, 15) is 8.42 Å². The third-order valence-corrected chi connectivity index (χ3v) is 4.89. The Kier molecular flexibility index (Phi) is 6.87. The molecule has 0 amide bonds. The van der Waals surface area contributed by atoms with Crippen LogP contribution in [0.2, 0.25) is 0 Å². The number of hydrogen-bond acceptors (Lipinski definition) is 4. The summed E-state index contributed by atoms with van der Waals surface area (Å²) in [5.74, 6) is -0.100. The third kappa shape index (κ3) is 5.35. The molecule has 0 aromatic heterocycles. The molecule has 7 nitrogen and oxygen atoms in total. The molecule has 1 aliphatic rings. The zero-order chi connectivity index (χ0) is 15.1. The highest BCUT2D eigenvalue weighted by molar-refractivity contribution is 7.87. The van der Waals surface area contributed by atoms with Gasteiger partial charge >= 0.3 is 0 Å². The van der Waals surface area contributed by atoms with E-state index in [4.69, 9.17) is 15.9 Å². The van der Waals surface area contributed by atoms with Gasteiger partial charge in [-0.1, -0.05) is 32.1 Å². The summed E-state index contributed by atoms with van der Waals surface area (Å²) in [5, 5.41) is 7.80. The van der Waals surface area contributed by atoms with Gasteiger partial charge in [-0.3, -0.25) is 5.41 Å². The molecule has 0 unspecified atom stereocenters. The Labute approximate surface area is 121 Å². The molecule has 0 aliphatic heterocycles. The third-order valence-electron chi connectivity index (χ3n) is 3.65. The van der Waals surface area contributed by atoms with Crippen molar-refractivity contribution in [3.8, 4) is 0 Å². The van der Waals surface area contributed by atoms with Gasteiger partial charge in [-0.05, 0) is 12.8 Å². The van der Waals surface area contributed by atoms with Crippen molar-refractivity contribution in [2.24, 2.45) is 5.73 Å². The summed E-state index contributed by atoms with van der Waals surface area (Å²) in [6.45, 7) is 0.494. The Morgan fingerprint density at radius 1 is 1.25 bits per heavy atom. The van der Waals surface area contributed by atoms with Gasteiger partial charge in [0.1, 0.15) is 5.84 Å². The highest BCUT2D eigenvalue weighted by Crippen LogP contribution is 2.26. The Morgan fingerprint density at radius 3 is 2.30 bits per heavy atom. The lowest BCUT2D eigenvalue weighted by atomic mass is 9.84. The average Bonchev–Trinajstić information content (AvgIpc) is 2.32. The molecule has 8 heteroatoms. The van der Waals surface area contributed by atoms with Crippen molar-refractivity contribution >= 4 is 16.0 Å². The zero-order valence-corrected chi connectivity index (χ0v) is 12.9. The highest BCUT2D eigenvalue weighted by Gasteiger charge is 2.37. The molecule has 0 bridgehead atoms. The molecule has 0 radical (unpaired) electrons. The minimum atomic E-state index is -3.69. The lowest BCUT2D eigenvalue weighted by Crippen LogP contribution is -2.59. The van der Waals surface area contributed by atoms with Gasteiger partial charge in [0.05, 0.1) is 12.1 Å². The summed E-state index contributed by atoms with van der Waals surface area (Å²) in [6, 6.07) is 0. The van der Waals surface area contributed by atoms with Gasteiger partial charge in [-0.25, -0.2) is 0 Å². The van der Waals surface area contributed by atoms with E-state index in [0.717, 1.165) is 32.1 Å². The molecule has 20 heavy (non-hydrogen) atoms. The van der Waals surface area contributed by atoms with E-state index in [1.165, 1.54) is 7.11 Å². The first-order chi connectivity index (χ1) is 9.42. The fourth-order valence-corrected chi connectivity index (χ4v) is 3.76. The molecule has 5 N–H and O–H groups in total. The summed E-state index contributed by atoms with van der Waals surface area (Å²) >= 11 is 0. The first-order valence-electron chi connectivity index (χ1n) is 7.04. The van der Waals surface area contributed by atoms with Crippen LogP contribution < -0.4 is 15.2 Å². The van der Waals surface area contributed by atoms with Crippen molar-refractivity contribution < 1.29 is 13.2 Å². The predicted octanol–water partition coefficient (Wildman–Crippen LogP) is 0.476. The fourth-order valence-electron chi connectivity index (χ4n) is 2.51. The maximum absolute atomic E-state index is 12.1. The number of nitrogens with two attached hydrogens (primary N) is 1. The van der Waals surface area contributed by atoms with Crippen LogP contribution in [0.15, 0.2) is 0 Å². The monoisotopic (exact) mass is 306 g/mol. The van der Waals surface area contributed by atoms with Crippen LogP contribution >= 0.6 is 0 Å². The van der Waals surface area contributed by atoms with E-state index in [1.54, 1.807) is 0 Å². The normalized spacial score (nSPS) is 20.1. The van der Waals surface area contributed by atoms with Crippen LogP contribution in [0.3, 0.4) is 0 Å². The quantitative estimate of drug-likeness (QED) is 0.311. The van der Waals surface area contributed by atoms with Crippen molar-refractivity contribution in [1.29, 1.82) is 5.41 Å². The number of nitrogens with one attached hydrogen (secondary N) is 3. The van der Waals surface area contributed by atoms with Gasteiger partial charge in [-0.2, -0.15) is 17.9 Å². The Morgan fingerprint density at radius 2 is 1.80 bits per heavy atom. The molecule has 1 rings (SSSR count). The van der Waals surface area contributed by atoms with Gasteiger partial charge in [-0.15, -0.1) is 0 Å². The molecule has 1 fully saturated rings. The van der Waals surface area contributed by atoms with Crippen molar-refractivity contribution in [2.75, 3.05) is 20.3 Å². The maximum atomic E-state index is 12.1. The molecular formula is C12H26N4O3S. The van der Waals surface area contributed by atoms with Crippen LogP contribution in [0.4, 0.5) is 0 Å². The van der Waals surface area contributed by atoms with Crippen LogP contribution in [0, 0.1) is 5.41 Å². The summed E-state index contributed by atoms with van der Waals surface area (Å²) in [5.41, 5.74) is 4.74. The SMILES string of the molecule is COCCNS(=O)(=O)NC1(C(=N)N)CCCCCCC1. The number of hydrogen-bond donors (Lipinski definition) is 4. The molecule has 0 aromatic rings. The maximum Gasteiger partial charge on any atom is 0.277 e. The largest absolute Gasteiger partial charge is 0.386 e. The summed E-state index contributed by atoms with van der Waals surface area (Å²) in [7, 11) is -2.18. The van der Waals surface area contributed by atoms with Crippen molar-refractivity contribution in [3.05, 3.63) is 0 Å². The smallest absolute Gasteiger partial charge is 0.277 e. The van der Waals surface area contributed by atoms with E-state index in [1.807, 2.05) is 0 Å². The first-order valence-corrected chi connectivity index (χ1v) is 8.52. The van der Waals surface area contributed by atoms with E-state index in [0.29, 0.717) is 19.4 Å². The molecule has 1 saturated carbocycles. The van der Waals surface area contributed by atoms with Gasteiger partial charge in [0, 0.05) is 13.7 Å². The van der Waals surface area contributed by atoms with E-state index >= 15 is 0 Å². The van der Waals surface area contributed by atoms with Gasteiger partial charge in [0.2, 0.25) is 0 Å². The summed E-state index contributed by atoms with van der Waals surface area (Å²) in [4.78, 5) is 0. The predicted molar refractivity (Wildman–Crippen MR) is 78.9 cm³/mol. The van der Waals surface area contributed by atoms with Crippen LogP contribution in [0.5, 0.6) is 0 Å². The van der Waals surface area contributed by atoms with Gasteiger partial charge in [0.15, 0.2) is 0 Å². The number of ether oxygens (including phenoxy) is 1. The summed E-state index contributed by atoms with van der Waals surface area (Å²) < 4.78 is 33.9. The highest BCUT2D eigenvalue weighted by atomic mass is 32.2. The van der Waals surface area contributed by atoms with E-state index in [2.05, 4.69) is 9.44 Å². The topological polar surface area (TPSA) is 117 Å². The van der Waals surface area contributed by atoms with Gasteiger partial charge in [0.25, 0.3) is 10.2 Å². The van der Waals surface area contributed by atoms with Crippen molar-refractivity contribution in [3.63, 3.8) is 0 Å². The van der Waals surface area contributed by atoms with Crippen LogP contribution in [0.25, 0.3) is 0 Å². The second-order valence-electron chi connectivity index (χ2n) is 5.26. The number of methoxy groups -OCH3 is 1. The lowest BCUT2D eigenvalue weighted by molar-refractivity contribution is 0.204. The van der Waals surface area contributed by atoms with Crippen molar-refractivity contribution in [2.45, 2.75) is 50.5 Å². The second-order valence-corrected chi connectivity index (χ2v) is 6.76. The fraction of sp³-hybridized carbons (Fsp3) is 0.917. The molecule has 0 heterocycles. The molecule has 0 atom stereocenters. The van der Waals surface area contributed by atoms with Crippen LogP contribution in [0.1, 0.15) is 44.9 Å². The van der Waals surface area contributed by atoms with Gasteiger partial charge < -0.3 is 10.5 Å². The standard InChI is InChI=1S/C12H26N4O3S/c1-19-10-9-15-20(17,18)16-12(11(13)14)7-5-3-2-4-6-8-12/h15-16H,2-10H2,1H3,(H3,13,14). The average molecular weight is 306 g/mol. The Hall–Kier alpha value is -0.700. The zero-order valence-electron chi connectivity index (χ0n) is 12.1. The minimum absolute atomic E-state index is 0.100.